The minimum Gasteiger partial charge on any atom is -0.498 e. The number of allylic oxidation sites excluding steroid dienone is 1. The lowest BCUT2D eigenvalue weighted by Gasteiger charge is -2.05. The van der Waals surface area contributed by atoms with Crippen molar-refractivity contribution in [3.63, 3.8) is 0 Å². The first kappa shape index (κ1) is 7.64. The second-order valence-corrected chi connectivity index (χ2v) is 2.87. The average molecular weight is 140 g/mol. The summed E-state index contributed by atoms with van der Waals surface area (Å²) in [6.45, 7) is 2.87. The van der Waals surface area contributed by atoms with E-state index in [1.54, 1.807) is 0 Å². The van der Waals surface area contributed by atoms with Crippen LogP contribution in [-0.2, 0) is 4.74 Å². The molecule has 1 aliphatic heterocycles. The first-order valence-electron chi connectivity index (χ1n) is 4.19. The topological polar surface area (TPSA) is 9.23 Å². The maximum Gasteiger partial charge on any atom is 0.0912 e. The SMILES string of the molecule is C1CCC1.CC1=CCCO1. The van der Waals surface area contributed by atoms with E-state index in [2.05, 4.69) is 6.08 Å². The third-order valence-electron chi connectivity index (χ3n) is 1.88. The fourth-order valence-corrected chi connectivity index (χ4v) is 0.791. The first-order valence-corrected chi connectivity index (χ1v) is 4.19. The maximum absolute atomic E-state index is 5.01. The van der Waals surface area contributed by atoms with Gasteiger partial charge in [0.25, 0.3) is 0 Å². The van der Waals surface area contributed by atoms with Crippen LogP contribution in [0.4, 0.5) is 0 Å². The normalized spacial score (nSPS) is 21.5. The van der Waals surface area contributed by atoms with Gasteiger partial charge in [-0.1, -0.05) is 25.7 Å². The third-order valence-corrected chi connectivity index (χ3v) is 1.88. The standard InChI is InChI=1S/C5H8O.C4H8/c1-5-3-2-4-6-5;1-2-4-3-1/h3H,2,4H2,1H3;1-4H2. The molecule has 0 aromatic heterocycles. The number of ether oxygens (including phenoxy) is 1. The maximum atomic E-state index is 5.01. The van der Waals surface area contributed by atoms with Gasteiger partial charge in [-0.05, 0) is 13.0 Å². The van der Waals surface area contributed by atoms with Crippen LogP contribution < -0.4 is 0 Å². The highest BCUT2D eigenvalue weighted by molar-refractivity contribution is 4.92. The molecule has 10 heavy (non-hydrogen) atoms. The van der Waals surface area contributed by atoms with E-state index >= 15 is 0 Å². The molecule has 0 atom stereocenters. The van der Waals surface area contributed by atoms with Crippen LogP contribution in [0.1, 0.15) is 39.0 Å². The predicted octanol–water partition coefficient (Wildman–Crippen LogP) is 2.87. The average Bonchev–Trinajstić information content (AvgIpc) is 2.12. The van der Waals surface area contributed by atoms with Crippen molar-refractivity contribution in [2.75, 3.05) is 6.61 Å². The van der Waals surface area contributed by atoms with Crippen molar-refractivity contribution in [3.8, 4) is 0 Å². The molecule has 0 aromatic rings. The first-order chi connectivity index (χ1) is 4.89. The van der Waals surface area contributed by atoms with E-state index in [0.717, 1.165) is 18.8 Å². The van der Waals surface area contributed by atoms with Crippen molar-refractivity contribution >= 4 is 0 Å². The summed E-state index contributed by atoms with van der Waals surface area (Å²) in [7, 11) is 0. The minimum absolute atomic E-state index is 0.895. The lowest BCUT2D eigenvalue weighted by molar-refractivity contribution is 0.247. The Morgan fingerprint density at radius 1 is 1.20 bits per heavy atom. The zero-order valence-corrected chi connectivity index (χ0v) is 6.73. The highest BCUT2D eigenvalue weighted by Gasteiger charge is 1.95. The molecule has 0 saturated heterocycles. The summed E-state index contributed by atoms with van der Waals surface area (Å²) in [5, 5.41) is 0. The van der Waals surface area contributed by atoms with E-state index in [1.807, 2.05) is 6.92 Å². The summed E-state index contributed by atoms with van der Waals surface area (Å²) in [4.78, 5) is 0. The molecule has 0 bridgehead atoms. The van der Waals surface area contributed by atoms with Gasteiger partial charge >= 0.3 is 0 Å². The molecule has 2 rings (SSSR count). The van der Waals surface area contributed by atoms with Crippen LogP contribution >= 0.6 is 0 Å². The zero-order chi connectivity index (χ0) is 7.23. The van der Waals surface area contributed by atoms with Crippen molar-refractivity contribution < 1.29 is 4.74 Å². The van der Waals surface area contributed by atoms with Gasteiger partial charge in [0.2, 0.25) is 0 Å². The number of hydrogen-bond acceptors (Lipinski definition) is 1. The lowest BCUT2D eigenvalue weighted by atomic mass is 10.0. The van der Waals surface area contributed by atoms with Gasteiger partial charge in [0.15, 0.2) is 0 Å². The quantitative estimate of drug-likeness (QED) is 0.502. The molecule has 1 aliphatic carbocycles. The molecule has 1 heterocycles. The Bertz CT molecular complexity index is 108. The predicted molar refractivity (Wildman–Crippen MR) is 42.8 cm³/mol. The second-order valence-electron chi connectivity index (χ2n) is 2.87. The molecule has 1 nitrogen and oxygen atoms in total. The molecule has 1 saturated carbocycles. The number of hydrogen-bond donors (Lipinski definition) is 0. The summed E-state index contributed by atoms with van der Waals surface area (Å²) in [5.41, 5.74) is 0. The Hall–Kier alpha value is -0.460. The molecule has 0 unspecified atom stereocenters. The zero-order valence-electron chi connectivity index (χ0n) is 6.73. The van der Waals surface area contributed by atoms with Crippen molar-refractivity contribution in [2.24, 2.45) is 0 Å². The van der Waals surface area contributed by atoms with Crippen LogP contribution in [-0.4, -0.2) is 6.61 Å². The van der Waals surface area contributed by atoms with Crippen LogP contribution in [0.15, 0.2) is 11.8 Å². The van der Waals surface area contributed by atoms with Gasteiger partial charge in [-0.3, -0.25) is 0 Å². The second kappa shape index (κ2) is 4.37. The van der Waals surface area contributed by atoms with E-state index in [1.165, 1.54) is 25.7 Å². The van der Waals surface area contributed by atoms with E-state index in [4.69, 9.17) is 4.74 Å². The molecule has 0 N–H and O–H groups in total. The summed E-state index contributed by atoms with van der Waals surface area (Å²) in [5.74, 6) is 1.08. The molecular formula is C9H16O. The van der Waals surface area contributed by atoms with Crippen molar-refractivity contribution in [2.45, 2.75) is 39.0 Å². The Morgan fingerprint density at radius 3 is 1.90 bits per heavy atom. The monoisotopic (exact) mass is 140 g/mol. The van der Waals surface area contributed by atoms with Gasteiger partial charge < -0.3 is 4.74 Å². The summed E-state index contributed by atoms with van der Waals surface area (Å²) < 4.78 is 5.01. The Kier molecular flexibility index (Phi) is 3.34. The Balaban J connectivity index is 0.000000108. The molecule has 0 spiro atoms. The fourth-order valence-electron chi connectivity index (χ4n) is 0.791. The summed E-state index contributed by atoms with van der Waals surface area (Å²) >= 11 is 0. The largest absolute Gasteiger partial charge is 0.498 e. The number of rotatable bonds is 0. The highest BCUT2D eigenvalue weighted by atomic mass is 16.5. The van der Waals surface area contributed by atoms with E-state index < -0.39 is 0 Å². The van der Waals surface area contributed by atoms with Crippen LogP contribution in [0, 0.1) is 0 Å². The lowest BCUT2D eigenvalue weighted by Crippen LogP contribution is -1.85. The van der Waals surface area contributed by atoms with Crippen LogP contribution in [0.3, 0.4) is 0 Å². The molecular weight excluding hydrogens is 124 g/mol. The molecule has 0 aromatic carbocycles. The van der Waals surface area contributed by atoms with Crippen molar-refractivity contribution in [1.82, 2.24) is 0 Å². The summed E-state index contributed by atoms with van der Waals surface area (Å²) in [6.07, 6.45) is 9.20. The molecule has 1 heteroatoms. The van der Waals surface area contributed by atoms with E-state index in [9.17, 15) is 0 Å². The molecule has 0 amide bonds. The molecule has 1 fully saturated rings. The van der Waals surface area contributed by atoms with E-state index in [-0.39, 0.29) is 0 Å². The van der Waals surface area contributed by atoms with Crippen LogP contribution in [0.2, 0.25) is 0 Å². The summed E-state index contributed by atoms with van der Waals surface area (Å²) in [6, 6.07) is 0. The molecule has 0 radical (unpaired) electrons. The van der Waals surface area contributed by atoms with Crippen LogP contribution in [0.25, 0.3) is 0 Å². The van der Waals surface area contributed by atoms with Crippen LogP contribution in [0.5, 0.6) is 0 Å². The highest BCUT2D eigenvalue weighted by Crippen LogP contribution is 2.15. The van der Waals surface area contributed by atoms with Gasteiger partial charge in [0, 0.05) is 6.42 Å². The van der Waals surface area contributed by atoms with Crippen molar-refractivity contribution in [1.29, 1.82) is 0 Å². The molecule has 58 valence electrons. The minimum atomic E-state index is 0.895. The Labute approximate surface area is 63.1 Å². The van der Waals surface area contributed by atoms with Gasteiger partial charge in [-0.15, -0.1) is 0 Å². The fraction of sp³-hybridized carbons (Fsp3) is 0.778. The van der Waals surface area contributed by atoms with Gasteiger partial charge in [0.05, 0.1) is 12.4 Å². The van der Waals surface area contributed by atoms with Gasteiger partial charge in [-0.2, -0.15) is 0 Å². The smallest absolute Gasteiger partial charge is 0.0912 e. The molecule has 2 aliphatic rings. The third kappa shape index (κ3) is 2.90. The van der Waals surface area contributed by atoms with Crippen molar-refractivity contribution in [3.05, 3.63) is 11.8 Å². The Morgan fingerprint density at radius 2 is 1.80 bits per heavy atom. The van der Waals surface area contributed by atoms with Gasteiger partial charge in [-0.25, -0.2) is 0 Å². The van der Waals surface area contributed by atoms with E-state index in [0.29, 0.717) is 0 Å². The van der Waals surface area contributed by atoms with Gasteiger partial charge in [0.1, 0.15) is 0 Å².